The van der Waals surface area contributed by atoms with Crippen molar-refractivity contribution in [1.29, 1.82) is 0 Å². The van der Waals surface area contributed by atoms with Crippen LogP contribution in [0.15, 0.2) is 30.3 Å². The highest BCUT2D eigenvalue weighted by molar-refractivity contribution is 5.73. The van der Waals surface area contributed by atoms with Crippen molar-refractivity contribution < 1.29 is 4.79 Å². The van der Waals surface area contributed by atoms with Crippen LogP contribution >= 0.6 is 0 Å². The van der Waals surface area contributed by atoms with Gasteiger partial charge in [-0.25, -0.2) is 0 Å². The predicted octanol–water partition coefficient (Wildman–Crippen LogP) is 2.67. The number of hydrogen-bond donors (Lipinski definition) is 1. The van der Waals surface area contributed by atoms with Gasteiger partial charge in [-0.2, -0.15) is 0 Å². The van der Waals surface area contributed by atoms with E-state index in [4.69, 9.17) is 0 Å². The molecule has 0 aromatic heterocycles. The minimum Gasteiger partial charge on any atom is -0.343 e. The van der Waals surface area contributed by atoms with E-state index < -0.39 is 0 Å². The Bertz CT molecular complexity index is 364. The SMILES string of the molecule is CCN(CC(C)CCNCc1ccccc1)C(C)=O. The van der Waals surface area contributed by atoms with E-state index in [9.17, 15) is 4.79 Å². The molecule has 3 heteroatoms. The highest BCUT2D eigenvalue weighted by Crippen LogP contribution is 2.05. The Hall–Kier alpha value is -1.35. The third kappa shape index (κ3) is 6.39. The van der Waals surface area contributed by atoms with Gasteiger partial charge in [0.25, 0.3) is 0 Å². The topological polar surface area (TPSA) is 32.3 Å². The van der Waals surface area contributed by atoms with E-state index in [1.807, 2.05) is 17.9 Å². The summed E-state index contributed by atoms with van der Waals surface area (Å²) in [4.78, 5) is 13.2. The molecule has 0 spiro atoms. The third-order valence-corrected chi connectivity index (χ3v) is 3.34. The fraction of sp³-hybridized carbons (Fsp3) is 0.562. The number of rotatable bonds is 8. The molecule has 3 nitrogen and oxygen atoms in total. The average molecular weight is 262 g/mol. The van der Waals surface area contributed by atoms with Gasteiger partial charge < -0.3 is 10.2 Å². The third-order valence-electron chi connectivity index (χ3n) is 3.34. The number of nitrogens with zero attached hydrogens (tertiary/aromatic N) is 1. The van der Waals surface area contributed by atoms with Crippen LogP contribution in [0.5, 0.6) is 0 Å². The van der Waals surface area contributed by atoms with E-state index in [1.165, 1.54) is 5.56 Å². The Kier molecular flexibility index (Phi) is 7.19. The zero-order chi connectivity index (χ0) is 14.1. The van der Waals surface area contributed by atoms with Gasteiger partial charge in [0.2, 0.25) is 5.91 Å². The second-order valence-electron chi connectivity index (χ2n) is 5.11. The van der Waals surface area contributed by atoms with Gasteiger partial charge in [-0.05, 0) is 31.4 Å². The Morgan fingerprint density at radius 1 is 1.32 bits per heavy atom. The van der Waals surface area contributed by atoms with Gasteiger partial charge in [-0.3, -0.25) is 4.79 Å². The van der Waals surface area contributed by atoms with Crippen LogP contribution in [0.4, 0.5) is 0 Å². The van der Waals surface area contributed by atoms with E-state index in [2.05, 4.69) is 36.5 Å². The van der Waals surface area contributed by atoms with Crippen LogP contribution in [-0.4, -0.2) is 30.4 Å². The molecule has 1 aromatic rings. The molecule has 0 bridgehead atoms. The average Bonchev–Trinajstić information content (AvgIpc) is 2.42. The molecule has 1 rings (SSSR count). The second-order valence-corrected chi connectivity index (χ2v) is 5.11. The molecule has 19 heavy (non-hydrogen) atoms. The standard InChI is InChI=1S/C16H26N2O/c1-4-18(15(3)19)13-14(2)10-11-17-12-16-8-6-5-7-9-16/h5-9,14,17H,4,10-13H2,1-3H3. The Labute approximate surface area is 117 Å². The van der Waals surface area contributed by atoms with Crippen LogP contribution in [-0.2, 0) is 11.3 Å². The van der Waals surface area contributed by atoms with E-state index >= 15 is 0 Å². The first-order valence-corrected chi connectivity index (χ1v) is 7.13. The molecular weight excluding hydrogens is 236 g/mol. The minimum atomic E-state index is 0.173. The number of carbonyl (C=O) groups is 1. The lowest BCUT2D eigenvalue weighted by atomic mass is 10.1. The molecule has 0 aliphatic carbocycles. The molecule has 0 aliphatic rings. The van der Waals surface area contributed by atoms with E-state index in [1.54, 1.807) is 6.92 Å². The van der Waals surface area contributed by atoms with Crippen LogP contribution in [0, 0.1) is 5.92 Å². The zero-order valence-corrected chi connectivity index (χ0v) is 12.4. The Balaban J connectivity index is 2.17. The maximum atomic E-state index is 11.3. The lowest BCUT2D eigenvalue weighted by Gasteiger charge is -2.23. The second kappa shape index (κ2) is 8.70. The van der Waals surface area contributed by atoms with Gasteiger partial charge in [0.15, 0.2) is 0 Å². The lowest BCUT2D eigenvalue weighted by Crippen LogP contribution is -2.33. The summed E-state index contributed by atoms with van der Waals surface area (Å²) in [6, 6.07) is 10.4. The lowest BCUT2D eigenvalue weighted by molar-refractivity contribution is -0.129. The first-order valence-electron chi connectivity index (χ1n) is 7.13. The van der Waals surface area contributed by atoms with Gasteiger partial charge in [0.05, 0.1) is 0 Å². The maximum absolute atomic E-state index is 11.3. The molecule has 1 unspecified atom stereocenters. The van der Waals surface area contributed by atoms with Gasteiger partial charge in [0, 0.05) is 26.6 Å². The fourth-order valence-corrected chi connectivity index (χ4v) is 2.12. The predicted molar refractivity (Wildman–Crippen MR) is 79.9 cm³/mol. The number of carbonyl (C=O) groups excluding carboxylic acids is 1. The van der Waals surface area contributed by atoms with E-state index in [0.717, 1.165) is 32.6 Å². The van der Waals surface area contributed by atoms with Crippen LogP contribution in [0.1, 0.15) is 32.8 Å². The largest absolute Gasteiger partial charge is 0.343 e. The molecule has 1 atom stereocenters. The number of hydrogen-bond acceptors (Lipinski definition) is 2. The summed E-state index contributed by atoms with van der Waals surface area (Å²) >= 11 is 0. The molecule has 0 radical (unpaired) electrons. The Morgan fingerprint density at radius 2 is 2.00 bits per heavy atom. The number of benzene rings is 1. The monoisotopic (exact) mass is 262 g/mol. The summed E-state index contributed by atoms with van der Waals surface area (Å²) in [5.41, 5.74) is 1.31. The molecule has 1 aromatic carbocycles. The Morgan fingerprint density at radius 3 is 2.58 bits per heavy atom. The summed E-state index contributed by atoms with van der Waals surface area (Å²) in [6.45, 7) is 9.45. The fourth-order valence-electron chi connectivity index (χ4n) is 2.12. The number of amides is 1. The minimum absolute atomic E-state index is 0.173. The van der Waals surface area contributed by atoms with Crippen molar-refractivity contribution in [2.24, 2.45) is 5.92 Å². The highest BCUT2D eigenvalue weighted by atomic mass is 16.2. The molecular formula is C16H26N2O. The number of nitrogens with one attached hydrogen (secondary N) is 1. The van der Waals surface area contributed by atoms with E-state index in [0.29, 0.717) is 5.92 Å². The van der Waals surface area contributed by atoms with Crippen molar-refractivity contribution in [2.45, 2.75) is 33.7 Å². The summed E-state index contributed by atoms with van der Waals surface area (Å²) in [7, 11) is 0. The van der Waals surface area contributed by atoms with Crippen LogP contribution in [0.3, 0.4) is 0 Å². The first-order chi connectivity index (χ1) is 9.13. The van der Waals surface area contributed by atoms with Crippen molar-refractivity contribution in [3.63, 3.8) is 0 Å². The smallest absolute Gasteiger partial charge is 0.219 e. The molecule has 0 saturated heterocycles. The molecule has 0 aliphatic heterocycles. The van der Waals surface area contributed by atoms with Gasteiger partial charge >= 0.3 is 0 Å². The van der Waals surface area contributed by atoms with Crippen molar-refractivity contribution in [2.75, 3.05) is 19.6 Å². The van der Waals surface area contributed by atoms with Crippen LogP contribution < -0.4 is 5.32 Å². The van der Waals surface area contributed by atoms with Crippen molar-refractivity contribution in [3.8, 4) is 0 Å². The molecule has 0 heterocycles. The molecule has 1 amide bonds. The zero-order valence-electron chi connectivity index (χ0n) is 12.4. The molecule has 106 valence electrons. The van der Waals surface area contributed by atoms with E-state index in [-0.39, 0.29) is 5.91 Å². The van der Waals surface area contributed by atoms with Crippen molar-refractivity contribution in [1.82, 2.24) is 10.2 Å². The van der Waals surface area contributed by atoms with Crippen molar-refractivity contribution >= 4 is 5.91 Å². The maximum Gasteiger partial charge on any atom is 0.219 e. The van der Waals surface area contributed by atoms with Gasteiger partial charge in [-0.1, -0.05) is 37.3 Å². The van der Waals surface area contributed by atoms with Crippen LogP contribution in [0.2, 0.25) is 0 Å². The molecule has 0 saturated carbocycles. The van der Waals surface area contributed by atoms with Gasteiger partial charge in [-0.15, -0.1) is 0 Å². The summed E-state index contributed by atoms with van der Waals surface area (Å²) in [6.07, 6.45) is 1.09. The van der Waals surface area contributed by atoms with Crippen LogP contribution in [0.25, 0.3) is 0 Å². The molecule has 1 N–H and O–H groups in total. The van der Waals surface area contributed by atoms with Gasteiger partial charge in [0.1, 0.15) is 0 Å². The first kappa shape index (κ1) is 15.7. The highest BCUT2D eigenvalue weighted by Gasteiger charge is 2.10. The molecule has 0 fully saturated rings. The quantitative estimate of drug-likeness (QED) is 0.731. The normalized spacial score (nSPS) is 12.2. The summed E-state index contributed by atoms with van der Waals surface area (Å²) < 4.78 is 0. The summed E-state index contributed by atoms with van der Waals surface area (Å²) in [5.74, 6) is 0.707. The van der Waals surface area contributed by atoms with Crippen molar-refractivity contribution in [3.05, 3.63) is 35.9 Å². The summed E-state index contributed by atoms with van der Waals surface area (Å²) in [5, 5.41) is 3.45.